The molecule has 0 aliphatic heterocycles. The van der Waals surface area contributed by atoms with E-state index in [1.807, 2.05) is 0 Å². The van der Waals surface area contributed by atoms with Gasteiger partial charge in [0.05, 0.1) is 12.8 Å². The molecule has 0 saturated heterocycles. The molecule has 60 valence electrons. The Hall–Kier alpha value is -0.930. The number of rotatable bonds is 2. The molecule has 0 unspecified atom stereocenters. The first kappa shape index (κ1) is 8.17. The molecule has 1 aromatic rings. The first-order valence-electron chi connectivity index (χ1n) is 3.08. The molecule has 3 N–H and O–H groups in total. The number of hydrogen-bond acceptors (Lipinski definition) is 3. The highest BCUT2D eigenvalue weighted by Gasteiger charge is 2.03. The molecule has 0 heterocycles. The van der Waals surface area contributed by atoms with E-state index >= 15 is 0 Å². The van der Waals surface area contributed by atoms with Crippen LogP contribution in [0.2, 0.25) is 5.02 Å². The number of nitrogen functional groups attached to an aromatic ring is 1. The number of hydrazine groups is 1. The number of anilines is 1. The summed E-state index contributed by atoms with van der Waals surface area (Å²) in [6.07, 6.45) is 0. The van der Waals surface area contributed by atoms with E-state index in [4.69, 9.17) is 22.2 Å². The van der Waals surface area contributed by atoms with Crippen LogP contribution in [0.3, 0.4) is 0 Å². The average molecular weight is 173 g/mol. The Morgan fingerprint density at radius 1 is 1.55 bits per heavy atom. The van der Waals surface area contributed by atoms with Crippen molar-refractivity contribution in [3.8, 4) is 5.75 Å². The fourth-order valence-electron chi connectivity index (χ4n) is 0.780. The fraction of sp³-hybridized carbons (Fsp3) is 0.143. The Morgan fingerprint density at radius 2 is 2.27 bits per heavy atom. The predicted octanol–water partition coefficient (Wildman–Crippen LogP) is 1.63. The number of ether oxygens (including phenoxy) is 1. The van der Waals surface area contributed by atoms with E-state index in [0.717, 1.165) is 0 Å². The Labute approximate surface area is 70.1 Å². The van der Waals surface area contributed by atoms with Crippen molar-refractivity contribution in [2.75, 3.05) is 12.5 Å². The number of nitrogens with two attached hydrogens (primary N) is 1. The molecule has 11 heavy (non-hydrogen) atoms. The highest BCUT2D eigenvalue weighted by molar-refractivity contribution is 6.34. The minimum Gasteiger partial charge on any atom is -0.495 e. The van der Waals surface area contributed by atoms with E-state index in [2.05, 4.69) is 5.43 Å². The normalized spacial score (nSPS) is 9.36. The lowest BCUT2D eigenvalue weighted by molar-refractivity contribution is 0.415. The summed E-state index contributed by atoms with van der Waals surface area (Å²) < 4.78 is 4.96. The second-order valence-corrected chi connectivity index (χ2v) is 2.34. The lowest BCUT2D eigenvalue weighted by atomic mass is 10.3. The minimum atomic E-state index is 0.498. The van der Waals surface area contributed by atoms with Crippen molar-refractivity contribution in [1.29, 1.82) is 0 Å². The minimum absolute atomic E-state index is 0.498. The zero-order valence-electron chi connectivity index (χ0n) is 6.10. The summed E-state index contributed by atoms with van der Waals surface area (Å²) in [5, 5.41) is 0.498. The van der Waals surface area contributed by atoms with Crippen LogP contribution in [-0.2, 0) is 0 Å². The summed E-state index contributed by atoms with van der Waals surface area (Å²) in [5.41, 5.74) is 3.12. The maximum Gasteiger partial charge on any atom is 0.139 e. The van der Waals surface area contributed by atoms with Gasteiger partial charge in [-0.1, -0.05) is 17.7 Å². The van der Waals surface area contributed by atoms with Crippen LogP contribution >= 0.6 is 11.6 Å². The zero-order chi connectivity index (χ0) is 8.27. The van der Waals surface area contributed by atoms with Gasteiger partial charge in [0.1, 0.15) is 10.8 Å². The highest BCUT2D eigenvalue weighted by atomic mass is 35.5. The van der Waals surface area contributed by atoms with E-state index in [-0.39, 0.29) is 0 Å². The SMILES string of the molecule is COc1cccc(NN)c1Cl. The summed E-state index contributed by atoms with van der Waals surface area (Å²) in [6.45, 7) is 0. The zero-order valence-corrected chi connectivity index (χ0v) is 6.85. The molecule has 3 nitrogen and oxygen atoms in total. The quantitative estimate of drug-likeness (QED) is 0.527. The van der Waals surface area contributed by atoms with Crippen molar-refractivity contribution in [1.82, 2.24) is 0 Å². The third-order valence-corrected chi connectivity index (χ3v) is 1.73. The van der Waals surface area contributed by atoms with E-state index in [9.17, 15) is 0 Å². The Kier molecular flexibility index (Phi) is 2.57. The monoisotopic (exact) mass is 172 g/mol. The number of nitrogens with one attached hydrogen (secondary N) is 1. The van der Waals surface area contributed by atoms with Crippen LogP contribution in [-0.4, -0.2) is 7.11 Å². The Bertz CT molecular complexity index is 230. The van der Waals surface area contributed by atoms with Gasteiger partial charge in [-0.3, -0.25) is 5.84 Å². The van der Waals surface area contributed by atoms with E-state index in [0.29, 0.717) is 16.5 Å². The molecule has 0 aliphatic rings. The predicted molar refractivity (Wildman–Crippen MR) is 45.8 cm³/mol. The maximum absolute atomic E-state index is 5.84. The molecule has 0 radical (unpaired) electrons. The molecule has 0 aromatic heterocycles. The molecule has 4 heteroatoms. The standard InChI is InChI=1S/C7H9ClN2O/c1-11-6-4-2-3-5(10-9)7(6)8/h2-4,10H,9H2,1H3. The number of benzene rings is 1. The average Bonchev–Trinajstić information content (AvgIpc) is 2.05. The molecule has 0 saturated carbocycles. The van der Waals surface area contributed by atoms with Gasteiger partial charge < -0.3 is 10.2 Å². The van der Waals surface area contributed by atoms with Crippen molar-refractivity contribution in [2.24, 2.45) is 5.84 Å². The molecule has 0 spiro atoms. The number of hydrogen-bond donors (Lipinski definition) is 2. The molecule has 1 rings (SSSR count). The third-order valence-electron chi connectivity index (χ3n) is 1.34. The number of methoxy groups -OCH3 is 1. The molecule has 0 aliphatic carbocycles. The van der Waals surface area contributed by atoms with Crippen molar-refractivity contribution in [3.05, 3.63) is 23.2 Å². The van der Waals surface area contributed by atoms with Crippen molar-refractivity contribution in [3.63, 3.8) is 0 Å². The van der Waals surface area contributed by atoms with Crippen LogP contribution in [0.15, 0.2) is 18.2 Å². The topological polar surface area (TPSA) is 47.3 Å². The molecular weight excluding hydrogens is 164 g/mol. The van der Waals surface area contributed by atoms with Gasteiger partial charge in [0.15, 0.2) is 0 Å². The van der Waals surface area contributed by atoms with Gasteiger partial charge in [0.25, 0.3) is 0 Å². The summed E-state index contributed by atoms with van der Waals surface area (Å²) in [7, 11) is 1.56. The van der Waals surface area contributed by atoms with E-state index < -0.39 is 0 Å². The van der Waals surface area contributed by atoms with Gasteiger partial charge in [-0.15, -0.1) is 0 Å². The molecular formula is C7H9ClN2O. The third kappa shape index (κ3) is 1.56. The molecule has 0 bridgehead atoms. The molecule has 0 fully saturated rings. The Balaban J connectivity index is 3.10. The molecule has 0 atom stereocenters. The smallest absolute Gasteiger partial charge is 0.139 e. The largest absolute Gasteiger partial charge is 0.495 e. The number of halogens is 1. The van der Waals surface area contributed by atoms with Gasteiger partial charge >= 0.3 is 0 Å². The van der Waals surface area contributed by atoms with Crippen molar-refractivity contribution >= 4 is 17.3 Å². The Morgan fingerprint density at radius 3 is 2.82 bits per heavy atom. The second kappa shape index (κ2) is 3.46. The summed E-state index contributed by atoms with van der Waals surface area (Å²) >= 11 is 5.84. The first-order chi connectivity index (χ1) is 5.29. The molecule has 1 aromatic carbocycles. The van der Waals surface area contributed by atoms with Gasteiger partial charge in [-0.25, -0.2) is 0 Å². The van der Waals surface area contributed by atoms with Crippen LogP contribution in [0.25, 0.3) is 0 Å². The van der Waals surface area contributed by atoms with Gasteiger partial charge in [0.2, 0.25) is 0 Å². The van der Waals surface area contributed by atoms with Crippen molar-refractivity contribution < 1.29 is 4.74 Å². The second-order valence-electron chi connectivity index (χ2n) is 1.97. The van der Waals surface area contributed by atoms with E-state index in [1.54, 1.807) is 25.3 Å². The molecule has 0 amide bonds. The van der Waals surface area contributed by atoms with Crippen LogP contribution in [0.1, 0.15) is 0 Å². The first-order valence-corrected chi connectivity index (χ1v) is 3.46. The van der Waals surface area contributed by atoms with Crippen LogP contribution in [0.4, 0.5) is 5.69 Å². The van der Waals surface area contributed by atoms with Gasteiger partial charge in [0, 0.05) is 0 Å². The highest BCUT2D eigenvalue weighted by Crippen LogP contribution is 2.30. The van der Waals surface area contributed by atoms with E-state index in [1.165, 1.54) is 0 Å². The maximum atomic E-state index is 5.84. The lowest BCUT2D eigenvalue weighted by Crippen LogP contribution is -2.07. The van der Waals surface area contributed by atoms with Crippen LogP contribution in [0, 0.1) is 0 Å². The van der Waals surface area contributed by atoms with Crippen LogP contribution in [0.5, 0.6) is 5.75 Å². The summed E-state index contributed by atoms with van der Waals surface area (Å²) in [5.74, 6) is 5.80. The summed E-state index contributed by atoms with van der Waals surface area (Å²) in [4.78, 5) is 0. The van der Waals surface area contributed by atoms with Gasteiger partial charge in [-0.2, -0.15) is 0 Å². The van der Waals surface area contributed by atoms with Crippen LogP contribution < -0.4 is 16.0 Å². The lowest BCUT2D eigenvalue weighted by Gasteiger charge is -2.06. The van der Waals surface area contributed by atoms with Gasteiger partial charge in [-0.05, 0) is 12.1 Å². The summed E-state index contributed by atoms with van der Waals surface area (Å²) in [6, 6.07) is 5.34. The van der Waals surface area contributed by atoms with Crippen molar-refractivity contribution in [2.45, 2.75) is 0 Å². The fourth-order valence-corrected chi connectivity index (χ4v) is 1.04.